The van der Waals surface area contributed by atoms with Gasteiger partial charge in [0.1, 0.15) is 5.76 Å². The molecule has 0 bridgehead atoms. The van der Waals surface area contributed by atoms with E-state index in [0.29, 0.717) is 41.2 Å². The van der Waals surface area contributed by atoms with Gasteiger partial charge in [0.15, 0.2) is 0 Å². The van der Waals surface area contributed by atoms with E-state index in [4.69, 9.17) is 4.42 Å². The first kappa shape index (κ1) is 22.7. The summed E-state index contributed by atoms with van der Waals surface area (Å²) in [4.78, 5) is 20.2. The Morgan fingerprint density at radius 1 is 1.12 bits per heavy atom. The molecule has 0 aliphatic carbocycles. The molecule has 1 aliphatic rings. The summed E-state index contributed by atoms with van der Waals surface area (Å²) in [5, 5.41) is 1.95. The molecule has 1 aliphatic heterocycles. The highest BCUT2D eigenvalue weighted by Gasteiger charge is 2.30. The van der Waals surface area contributed by atoms with Crippen molar-refractivity contribution in [2.75, 3.05) is 26.2 Å². The molecule has 32 heavy (non-hydrogen) atoms. The molecular formula is C23H27N3O4S2. The van der Waals surface area contributed by atoms with Crippen LogP contribution in [0.25, 0.3) is 10.8 Å². The highest BCUT2D eigenvalue weighted by Crippen LogP contribution is 2.26. The number of carbonyl (C=O) groups excluding carboxylic acids is 1. The van der Waals surface area contributed by atoms with Crippen molar-refractivity contribution in [1.29, 1.82) is 0 Å². The highest BCUT2D eigenvalue weighted by atomic mass is 32.2. The molecule has 1 fully saturated rings. The first-order valence-electron chi connectivity index (χ1n) is 10.6. The molecule has 9 heteroatoms. The van der Waals surface area contributed by atoms with Crippen molar-refractivity contribution >= 4 is 27.3 Å². The lowest BCUT2D eigenvalue weighted by Gasteiger charge is -2.34. The fourth-order valence-corrected chi connectivity index (χ4v) is 5.78. The summed E-state index contributed by atoms with van der Waals surface area (Å²) in [6, 6.07) is 10.9. The maximum absolute atomic E-state index is 13.0. The molecule has 0 atom stereocenters. The van der Waals surface area contributed by atoms with Gasteiger partial charge >= 0.3 is 0 Å². The molecular weight excluding hydrogens is 446 g/mol. The van der Waals surface area contributed by atoms with Gasteiger partial charge in [-0.15, -0.1) is 11.3 Å². The number of hydrogen-bond donors (Lipinski definition) is 0. The minimum absolute atomic E-state index is 0.0718. The number of aromatic nitrogens is 1. The summed E-state index contributed by atoms with van der Waals surface area (Å²) >= 11 is 1.53. The van der Waals surface area contributed by atoms with Gasteiger partial charge in [0.05, 0.1) is 21.9 Å². The third-order valence-electron chi connectivity index (χ3n) is 5.72. The lowest BCUT2D eigenvalue weighted by atomic mass is 10.0. The molecule has 170 valence electrons. The molecule has 0 unspecified atom stereocenters. The van der Waals surface area contributed by atoms with Crippen LogP contribution in [-0.2, 0) is 21.2 Å². The van der Waals surface area contributed by atoms with Crippen molar-refractivity contribution in [3.8, 4) is 10.8 Å². The Kier molecular flexibility index (Phi) is 6.50. The van der Waals surface area contributed by atoms with Crippen LogP contribution in [0.1, 0.15) is 36.8 Å². The third-order valence-corrected chi connectivity index (χ3v) is 8.49. The number of oxazole rings is 1. The van der Waals surface area contributed by atoms with Crippen LogP contribution >= 0.6 is 11.3 Å². The Balaban J connectivity index is 1.37. The molecule has 0 saturated carbocycles. The van der Waals surface area contributed by atoms with Crippen LogP contribution in [-0.4, -0.2) is 54.7 Å². The topological polar surface area (TPSA) is 83.7 Å². The molecule has 4 rings (SSSR count). The van der Waals surface area contributed by atoms with Gasteiger partial charge in [-0.05, 0) is 42.0 Å². The number of benzene rings is 1. The number of rotatable bonds is 6. The number of amides is 1. The fraction of sp³-hybridized carbons (Fsp3) is 0.391. The number of nitrogens with zero attached hydrogens (tertiary/aromatic N) is 3. The molecule has 1 amide bonds. The lowest BCUT2D eigenvalue weighted by molar-refractivity contribution is -0.131. The second kappa shape index (κ2) is 9.17. The maximum atomic E-state index is 13.0. The average molecular weight is 474 g/mol. The summed E-state index contributed by atoms with van der Waals surface area (Å²) in [6.45, 7) is 7.22. The van der Waals surface area contributed by atoms with E-state index < -0.39 is 10.0 Å². The number of hydrogen-bond acceptors (Lipinski definition) is 6. The normalized spacial score (nSPS) is 15.4. The van der Waals surface area contributed by atoms with Gasteiger partial charge < -0.3 is 9.32 Å². The highest BCUT2D eigenvalue weighted by molar-refractivity contribution is 7.89. The minimum atomic E-state index is -3.57. The summed E-state index contributed by atoms with van der Waals surface area (Å²) in [5.74, 6) is 1.43. The Labute approximate surface area is 192 Å². The van der Waals surface area contributed by atoms with Crippen LogP contribution in [0.5, 0.6) is 0 Å². The summed E-state index contributed by atoms with van der Waals surface area (Å²) in [5.41, 5.74) is 1.73. The van der Waals surface area contributed by atoms with Crippen LogP contribution in [0.3, 0.4) is 0 Å². The van der Waals surface area contributed by atoms with Gasteiger partial charge in [-0.3, -0.25) is 4.79 Å². The van der Waals surface area contributed by atoms with Gasteiger partial charge in [0.25, 0.3) is 0 Å². The molecule has 0 N–H and O–H groups in total. The lowest BCUT2D eigenvalue weighted by Crippen LogP contribution is -2.50. The van der Waals surface area contributed by atoms with E-state index in [0.717, 1.165) is 10.4 Å². The second-order valence-corrected chi connectivity index (χ2v) is 11.1. The number of piperazine rings is 1. The Hall–Kier alpha value is -2.49. The summed E-state index contributed by atoms with van der Waals surface area (Å²) in [6.07, 6.45) is 0.143. The maximum Gasteiger partial charge on any atom is 0.243 e. The van der Waals surface area contributed by atoms with Crippen molar-refractivity contribution in [2.24, 2.45) is 0 Å². The largest absolute Gasteiger partial charge is 0.440 e. The zero-order valence-corrected chi connectivity index (χ0v) is 20.1. The van der Waals surface area contributed by atoms with E-state index in [2.05, 4.69) is 18.8 Å². The van der Waals surface area contributed by atoms with E-state index in [1.54, 1.807) is 17.0 Å². The third kappa shape index (κ3) is 4.65. The molecule has 7 nitrogen and oxygen atoms in total. The van der Waals surface area contributed by atoms with Gasteiger partial charge in [-0.1, -0.05) is 32.0 Å². The van der Waals surface area contributed by atoms with E-state index in [1.165, 1.54) is 15.6 Å². The van der Waals surface area contributed by atoms with Crippen LogP contribution in [0, 0.1) is 6.92 Å². The van der Waals surface area contributed by atoms with E-state index in [-0.39, 0.29) is 25.4 Å². The van der Waals surface area contributed by atoms with E-state index in [9.17, 15) is 13.2 Å². The molecule has 3 heterocycles. The molecule has 3 aromatic rings. The molecule has 0 radical (unpaired) electrons. The van der Waals surface area contributed by atoms with Crippen molar-refractivity contribution in [1.82, 2.24) is 14.2 Å². The zero-order chi connectivity index (χ0) is 22.9. The van der Waals surface area contributed by atoms with Crippen LogP contribution in [0.2, 0.25) is 0 Å². The fourth-order valence-electron chi connectivity index (χ4n) is 3.70. The Morgan fingerprint density at radius 2 is 1.81 bits per heavy atom. The predicted octanol–water partition coefficient (Wildman–Crippen LogP) is 3.91. The Morgan fingerprint density at radius 3 is 2.41 bits per heavy atom. The van der Waals surface area contributed by atoms with Gasteiger partial charge in [-0.2, -0.15) is 4.31 Å². The van der Waals surface area contributed by atoms with E-state index >= 15 is 0 Å². The minimum Gasteiger partial charge on any atom is -0.440 e. The van der Waals surface area contributed by atoms with Crippen molar-refractivity contribution < 1.29 is 17.6 Å². The van der Waals surface area contributed by atoms with Crippen LogP contribution in [0.4, 0.5) is 0 Å². The smallest absolute Gasteiger partial charge is 0.243 e. The number of aryl methyl sites for hydroxylation is 1. The van der Waals surface area contributed by atoms with E-state index in [1.807, 2.05) is 36.6 Å². The molecule has 1 saturated heterocycles. The second-order valence-electron chi connectivity index (χ2n) is 8.18. The van der Waals surface area contributed by atoms with Gasteiger partial charge in [0, 0.05) is 26.2 Å². The summed E-state index contributed by atoms with van der Waals surface area (Å²) in [7, 11) is -3.57. The van der Waals surface area contributed by atoms with Crippen LogP contribution < -0.4 is 0 Å². The first-order chi connectivity index (χ1) is 15.3. The van der Waals surface area contributed by atoms with Crippen molar-refractivity contribution in [3.05, 3.63) is 58.8 Å². The van der Waals surface area contributed by atoms with Gasteiger partial charge in [0.2, 0.25) is 21.8 Å². The van der Waals surface area contributed by atoms with Crippen molar-refractivity contribution in [3.63, 3.8) is 0 Å². The monoisotopic (exact) mass is 473 g/mol. The van der Waals surface area contributed by atoms with Crippen LogP contribution in [0.15, 0.2) is 51.1 Å². The number of carbonyl (C=O) groups is 1. The SMILES string of the molecule is Cc1oc(-c2cccs2)nc1CC(=O)N1CCN(S(=O)(=O)c2ccc(C(C)C)cc2)CC1. The van der Waals surface area contributed by atoms with Crippen molar-refractivity contribution in [2.45, 2.75) is 38.0 Å². The molecule has 0 spiro atoms. The van der Waals surface area contributed by atoms with Gasteiger partial charge in [-0.25, -0.2) is 13.4 Å². The molecule has 2 aromatic heterocycles. The zero-order valence-electron chi connectivity index (χ0n) is 18.4. The number of thiophene rings is 1. The summed E-state index contributed by atoms with van der Waals surface area (Å²) < 4.78 is 33.2. The first-order valence-corrected chi connectivity index (χ1v) is 13.0. The predicted molar refractivity (Wildman–Crippen MR) is 124 cm³/mol. The Bertz CT molecular complexity index is 1170. The molecule has 1 aromatic carbocycles. The quantitative estimate of drug-likeness (QED) is 0.542. The number of sulfonamides is 1. The average Bonchev–Trinajstić information content (AvgIpc) is 3.44. The standard InChI is InChI=1S/C23H27N3O4S2/c1-16(2)18-6-8-19(9-7-18)32(28,29)26-12-10-25(11-13-26)22(27)15-20-17(3)30-23(24-20)21-5-4-14-31-21/h4-9,14,16H,10-13,15H2,1-3H3.